The zero-order valence-electron chi connectivity index (χ0n) is 18.9. The molecule has 6 heteroatoms. The van der Waals surface area contributed by atoms with Crippen LogP contribution in [0.5, 0.6) is 5.75 Å². The van der Waals surface area contributed by atoms with Crippen LogP contribution in [-0.2, 0) is 22.7 Å². The Morgan fingerprint density at radius 1 is 1.17 bits per heavy atom. The molecule has 1 aromatic heterocycles. The van der Waals surface area contributed by atoms with Gasteiger partial charge in [-0.15, -0.1) is 0 Å². The highest BCUT2D eigenvalue weighted by molar-refractivity contribution is 5.84. The third kappa shape index (κ3) is 6.37. The Morgan fingerprint density at radius 2 is 1.93 bits per heavy atom. The molecule has 1 heterocycles. The monoisotopic (exact) mass is 413 g/mol. The Labute approximate surface area is 180 Å². The maximum Gasteiger partial charge on any atom is 0.242 e. The molecular weight excluding hydrogens is 378 g/mol. The maximum absolute atomic E-state index is 13.1. The van der Waals surface area contributed by atoms with E-state index in [9.17, 15) is 9.59 Å². The molecule has 0 aliphatic carbocycles. The molecule has 30 heavy (non-hydrogen) atoms. The lowest BCUT2D eigenvalue weighted by Gasteiger charge is -2.31. The molecule has 2 rings (SSSR count). The first-order chi connectivity index (χ1) is 14.4. The summed E-state index contributed by atoms with van der Waals surface area (Å²) in [5.74, 6) is 0.760. The molecule has 164 valence electrons. The van der Waals surface area contributed by atoms with E-state index in [0.717, 1.165) is 29.8 Å². The van der Waals surface area contributed by atoms with Gasteiger partial charge in [0, 0.05) is 37.9 Å². The standard InChI is InChI=1S/C24H35N3O3/c1-6-13-25(20(4)28)18-24(29)27(19(3)7-2)17-22-11-9-14-26(22)16-21-10-8-12-23(15-21)30-5/h8-12,14-15,19H,6-7,13,16-18H2,1-5H3. The molecule has 0 saturated carbocycles. The van der Waals surface area contributed by atoms with Gasteiger partial charge in [0.25, 0.3) is 0 Å². The van der Waals surface area contributed by atoms with E-state index in [1.165, 1.54) is 6.92 Å². The van der Waals surface area contributed by atoms with Crippen LogP contribution in [0, 0.1) is 0 Å². The molecule has 6 nitrogen and oxygen atoms in total. The first-order valence-corrected chi connectivity index (χ1v) is 10.7. The minimum Gasteiger partial charge on any atom is -0.497 e. The van der Waals surface area contributed by atoms with Crippen molar-refractivity contribution >= 4 is 11.8 Å². The second kappa shape index (κ2) is 11.4. The number of ether oxygens (including phenoxy) is 1. The van der Waals surface area contributed by atoms with Crippen LogP contribution in [0.4, 0.5) is 0 Å². The minimum absolute atomic E-state index is 0.0119. The number of nitrogens with zero attached hydrogens (tertiary/aromatic N) is 3. The lowest BCUT2D eigenvalue weighted by Crippen LogP contribution is -2.45. The highest BCUT2D eigenvalue weighted by Gasteiger charge is 2.23. The number of carbonyl (C=O) groups is 2. The molecule has 1 unspecified atom stereocenters. The van der Waals surface area contributed by atoms with Gasteiger partial charge in [0.1, 0.15) is 5.75 Å². The summed E-state index contributed by atoms with van der Waals surface area (Å²) in [6, 6.07) is 12.2. The average molecular weight is 414 g/mol. The third-order valence-electron chi connectivity index (χ3n) is 5.45. The van der Waals surface area contributed by atoms with E-state index in [0.29, 0.717) is 19.6 Å². The van der Waals surface area contributed by atoms with Crippen LogP contribution >= 0.6 is 0 Å². The predicted octanol–water partition coefficient (Wildman–Crippen LogP) is 3.93. The normalized spacial score (nSPS) is 11.8. The number of rotatable bonds is 11. The first kappa shape index (κ1) is 23.5. The maximum atomic E-state index is 13.1. The van der Waals surface area contributed by atoms with Crippen LogP contribution in [0.15, 0.2) is 42.6 Å². The second-order valence-electron chi connectivity index (χ2n) is 7.70. The average Bonchev–Trinajstić information content (AvgIpc) is 3.17. The van der Waals surface area contributed by atoms with E-state index >= 15 is 0 Å². The van der Waals surface area contributed by atoms with Gasteiger partial charge >= 0.3 is 0 Å². The van der Waals surface area contributed by atoms with Gasteiger partial charge < -0.3 is 19.1 Å². The molecule has 2 amide bonds. The largest absolute Gasteiger partial charge is 0.497 e. The number of carbonyl (C=O) groups excluding carboxylic acids is 2. The van der Waals surface area contributed by atoms with Crippen LogP contribution in [-0.4, -0.2) is 52.4 Å². The van der Waals surface area contributed by atoms with Crippen LogP contribution < -0.4 is 4.74 Å². The van der Waals surface area contributed by atoms with Crippen molar-refractivity contribution in [3.8, 4) is 5.75 Å². The van der Waals surface area contributed by atoms with Gasteiger partial charge in [-0.3, -0.25) is 9.59 Å². The topological polar surface area (TPSA) is 54.8 Å². The first-order valence-electron chi connectivity index (χ1n) is 10.7. The lowest BCUT2D eigenvalue weighted by atomic mass is 10.2. The third-order valence-corrected chi connectivity index (χ3v) is 5.45. The fourth-order valence-corrected chi connectivity index (χ4v) is 3.47. The van der Waals surface area contributed by atoms with Crippen molar-refractivity contribution in [3.63, 3.8) is 0 Å². The van der Waals surface area contributed by atoms with Crippen LogP contribution in [0.2, 0.25) is 0 Å². The second-order valence-corrected chi connectivity index (χ2v) is 7.70. The van der Waals surface area contributed by atoms with E-state index < -0.39 is 0 Å². The Morgan fingerprint density at radius 3 is 2.57 bits per heavy atom. The fraction of sp³-hybridized carbons (Fsp3) is 0.500. The molecule has 0 fully saturated rings. The number of aromatic nitrogens is 1. The quantitative estimate of drug-likeness (QED) is 0.561. The predicted molar refractivity (Wildman–Crippen MR) is 119 cm³/mol. The van der Waals surface area contributed by atoms with Crippen molar-refractivity contribution < 1.29 is 14.3 Å². The van der Waals surface area contributed by atoms with E-state index in [1.807, 2.05) is 42.3 Å². The summed E-state index contributed by atoms with van der Waals surface area (Å²) >= 11 is 0. The van der Waals surface area contributed by atoms with Gasteiger partial charge in [-0.2, -0.15) is 0 Å². The zero-order chi connectivity index (χ0) is 22.1. The zero-order valence-corrected chi connectivity index (χ0v) is 18.9. The molecule has 0 N–H and O–H groups in total. The molecule has 1 atom stereocenters. The summed E-state index contributed by atoms with van der Waals surface area (Å²) in [5, 5.41) is 0. The molecule has 1 aromatic carbocycles. The molecule has 0 radical (unpaired) electrons. The number of amides is 2. The SMILES string of the molecule is CCCN(CC(=O)N(Cc1cccn1Cc1cccc(OC)c1)C(C)CC)C(C)=O. The van der Waals surface area contributed by atoms with Gasteiger partial charge in [-0.1, -0.05) is 26.0 Å². The smallest absolute Gasteiger partial charge is 0.242 e. The summed E-state index contributed by atoms with van der Waals surface area (Å²) in [6.45, 7) is 9.63. The Kier molecular flexibility index (Phi) is 8.96. The number of benzene rings is 1. The number of hydrogen-bond donors (Lipinski definition) is 0. The molecular formula is C24H35N3O3. The fourth-order valence-electron chi connectivity index (χ4n) is 3.47. The van der Waals surface area contributed by atoms with E-state index in [4.69, 9.17) is 4.74 Å². The van der Waals surface area contributed by atoms with Gasteiger partial charge in [0.15, 0.2) is 0 Å². The van der Waals surface area contributed by atoms with E-state index in [-0.39, 0.29) is 24.4 Å². The summed E-state index contributed by atoms with van der Waals surface area (Å²) < 4.78 is 7.49. The molecule has 0 aliphatic heterocycles. The molecule has 0 spiro atoms. The lowest BCUT2D eigenvalue weighted by molar-refractivity contribution is -0.141. The molecule has 0 aliphatic rings. The molecule has 2 aromatic rings. The highest BCUT2D eigenvalue weighted by atomic mass is 16.5. The van der Waals surface area contributed by atoms with Crippen molar-refractivity contribution in [3.05, 3.63) is 53.9 Å². The van der Waals surface area contributed by atoms with Crippen molar-refractivity contribution in [2.24, 2.45) is 0 Å². The number of hydrogen-bond acceptors (Lipinski definition) is 3. The molecule has 0 bridgehead atoms. The van der Waals surface area contributed by atoms with Crippen molar-refractivity contribution in [1.82, 2.24) is 14.4 Å². The van der Waals surface area contributed by atoms with E-state index in [2.05, 4.69) is 30.5 Å². The van der Waals surface area contributed by atoms with Crippen LogP contribution in [0.25, 0.3) is 0 Å². The van der Waals surface area contributed by atoms with Gasteiger partial charge in [-0.25, -0.2) is 0 Å². The Balaban J connectivity index is 2.18. The van der Waals surface area contributed by atoms with Crippen LogP contribution in [0.3, 0.4) is 0 Å². The summed E-state index contributed by atoms with van der Waals surface area (Å²) in [4.78, 5) is 28.5. The van der Waals surface area contributed by atoms with Crippen LogP contribution in [0.1, 0.15) is 51.8 Å². The van der Waals surface area contributed by atoms with Gasteiger partial charge in [0.05, 0.1) is 20.2 Å². The Bertz CT molecular complexity index is 831. The summed E-state index contributed by atoms with van der Waals surface area (Å²) in [5.41, 5.74) is 2.20. The van der Waals surface area contributed by atoms with Crippen molar-refractivity contribution in [2.45, 2.75) is 59.7 Å². The Hall–Kier alpha value is -2.76. The highest BCUT2D eigenvalue weighted by Crippen LogP contribution is 2.17. The van der Waals surface area contributed by atoms with Gasteiger partial charge in [-0.05, 0) is 49.6 Å². The van der Waals surface area contributed by atoms with Gasteiger partial charge in [0.2, 0.25) is 11.8 Å². The van der Waals surface area contributed by atoms with Crippen molar-refractivity contribution in [1.29, 1.82) is 0 Å². The summed E-state index contributed by atoms with van der Waals surface area (Å²) in [7, 11) is 1.67. The van der Waals surface area contributed by atoms with E-state index in [1.54, 1.807) is 12.0 Å². The number of methoxy groups -OCH3 is 1. The molecule has 0 saturated heterocycles. The van der Waals surface area contributed by atoms with Crippen molar-refractivity contribution in [2.75, 3.05) is 20.2 Å². The minimum atomic E-state index is -0.0595. The summed E-state index contributed by atoms with van der Waals surface area (Å²) in [6.07, 6.45) is 3.72.